The molecule has 25 heavy (non-hydrogen) atoms. The minimum Gasteiger partial charge on any atom is -0.288 e. The number of rotatable bonds is 3. The quantitative estimate of drug-likeness (QED) is 0.692. The Hall–Kier alpha value is -2.72. The van der Waals surface area contributed by atoms with Gasteiger partial charge in [0.15, 0.2) is 0 Å². The highest BCUT2D eigenvalue weighted by atomic mass is 16.5. The van der Waals surface area contributed by atoms with Crippen molar-refractivity contribution in [3.8, 4) is 0 Å². The monoisotopic (exact) mass is 330 g/mol. The van der Waals surface area contributed by atoms with Gasteiger partial charge in [-0.3, -0.25) is 15.0 Å². The summed E-state index contributed by atoms with van der Waals surface area (Å²) in [6, 6.07) is 12.2. The van der Waals surface area contributed by atoms with Gasteiger partial charge >= 0.3 is 0 Å². The van der Waals surface area contributed by atoms with Gasteiger partial charge in [-0.1, -0.05) is 30.3 Å². The smallest absolute Gasteiger partial charge is 0.262 e. The standard InChI is InChI=1S/C21H18N2O2/c1-2-3-13-4-7-19-17(8-13)21(20(24)23(19)25)10-18(21)14-5-6-15-11-22-12-16(15)9-14/h2,4-9,12,18,25H,1,3,10-11H2. The number of allylic oxidation sites excluding steroid dienone is 1. The Morgan fingerprint density at radius 3 is 3.04 bits per heavy atom. The zero-order valence-corrected chi connectivity index (χ0v) is 13.8. The van der Waals surface area contributed by atoms with Gasteiger partial charge in [0.1, 0.15) is 0 Å². The van der Waals surface area contributed by atoms with Crippen LogP contribution in [-0.2, 0) is 23.2 Å². The number of hydrogen-bond acceptors (Lipinski definition) is 3. The van der Waals surface area contributed by atoms with E-state index in [0.717, 1.165) is 46.7 Å². The average Bonchev–Trinajstić information content (AvgIpc) is 3.15. The number of carbonyl (C=O) groups excluding carboxylic acids is 1. The molecule has 2 aliphatic heterocycles. The first-order valence-electron chi connectivity index (χ1n) is 8.55. The van der Waals surface area contributed by atoms with Crippen molar-refractivity contribution in [2.75, 3.05) is 5.06 Å². The van der Waals surface area contributed by atoms with Crippen LogP contribution >= 0.6 is 0 Å². The fourth-order valence-electron chi connectivity index (χ4n) is 4.37. The van der Waals surface area contributed by atoms with E-state index in [-0.39, 0.29) is 11.8 Å². The molecule has 124 valence electrons. The molecule has 5 rings (SSSR count). The average molecular weight is 330 g/mol. The van der Waals surface area contributed by atoms with Crippen molar-refractivity contribution >= 4 is 17.8 Å². The molecule has 0 aromatic heterocycles. The predicted octanol–water partition coefficient (Wildman–Crippen LogP) is 3.51. The summed E-state index contributed by atoms with van der Waals surface area (Å²) in [6.45, 7) is 4.53. The normalized spacial score (nSPS) is 25.4. The number of fused-ring (bicyclic) bond motifs is 3. The summed E-state index contributed by atoms with van der Waals surface area (Å²) in [5.74, 6) is -0.105. The van der Waals surface area contributed by atoms with E-state index >= 15 is 0 Å². The largest absolute Gasteiger partial charge is 0.288 e. The van der Waals surface area contributed by atoms with E-state index in [9.17, 15) is 10.0 Å². The van der Waals surface area contributed by atoms with Crippen LogP contribution in [0.1, 0.15) is 40.2 Å². The number of carbonyl (C=O) groups is 1. The van der Waals surface area contributed by atoms with E-state index < -0.39 is 5.41 Å². The van der Waals surface area contributed by atoms with Crippen LogP contribution in [0, 0.1) is 0 Å². The van der Waals surface area contributed by atoms with E-state index in [1.54, 1.807) is 0 Å². The molecular weight excluding hydrogens is 312 g/mol. The number of amides is 1. The third-order valence-electron chi connectivity index (χ3n) is 5.75. The van der Waals surface area contributed by atoms with E-state index in [0.29, 0.717) is 5.69 Å². The number of hydroxylamine groups is 1. The highest BCUT2D eigenvalue weighted by molar-refractivity contribution is 6.10. The van der Waals surface area contributed by atoms with Gasteiger partial charge in [-0.2, -0.15) is 5.06 Å². The van der Waals surface area contributed by atoms with Gasteiger partial charge in [0.2, 0.25) is 0 Å². The van der Waals surface area contributed by atoms with Gasteiger partial charge < -0.3 is 0 Å². The first-order valence-corrected chi connectivity index (χ1v) is 8.55. The van der Waals surface area contributed by atoms with Crippen LogP contribution < -0.4 is 5.06 Å². The van der Waals surface area contributed by atoms with Gasteiger partial charge in [-0.05, 0) is 52.8 Å². The Labute approximate surface area is 146 Å². The Morgan fingerprint density at radius 1 is 1.32 bits per heavy atom. The molecule has 1 amide bonds. The number of nitrogens with zero attached hydrogens (tertiary/aromatic N) is 2. The molecule has 1 saturated carbocycles. The van der Waals surface area contributed by atoms with Gasteiger partial charge in [0, 0.05) is 12.1 Å². The van der Waals surface area contributed by atoms with Crippen LogP contribution in [0.15, 0.2) is 54.0 Å². The lowest BCUT2D eigenvalue weighted by Gasteiger charge is -2.11. The Balaban J connectivity index is 1.59. The van der Waals surface area contributed by atoms with E-state index in [4.69, 9.17) is 0 Å². The summed E-state index contributed by atoms with van der Waals surface area (Å²) in [4.78, 5) is 17.2. The van der Waals surface area contributed by atoms with Gasteiger partial charge in [-0.15, -0.1) is 6.58 Å². The predicted molar refractivity (Wildman–Crippen MR) is 96.4 cm³/mol. The van der Waals surface area contributed by atoms with Crippen molar-refractivity contribution in [1.29, 1.82) is 0 Å². The lowest BCUT2D eigenvalue weighted by Crippen LogP contribution is -2.29. The van der Waals surface area contributed by atoms with Gasteiger partial charge in [0.05, 0.1) is 17.6 Å². The maximum absolute atomic E-state index is 12.9. The van der Waals surface area contributed by atoms with Crippen molar-refractivity contribution in [2.24, 2.45) is 4.99 Å². The first kappa shape index (κ1) is 14.6. The molecule has 2 aromatic carbocycles. The summed E-state index contributed by atoms with van der Waals surface area (Å²) in [5.41, 5.74) is 5.58. The van der Waals surface area contributed by atoms with Crippen molar-refractivity contribution < 1.29 is 10.0 Å². The number of benzene rings is 2. The zero-order valence-electron chi connectivity index (χ0n) is 13.8. The van der Waals surface area contributed by atoms with Crippen LogP contribution in [0.25, 0.3) is 0 Å². The molecule has 3 aliphatic rings. The van der Waals surface area contributed by atoms with Crippen LogP contribution in [0.4, 0.5) is 5.69 Å². The third-order valence-corrected chi connectivity index (χ3v) is 5.75. The summed E-state index contributed by atoms with van der Waals surface area (Å²) >= 11 is 0. The molecule has 1 spiro atoms. The fourth-order valence-corrected chi connectivity index (χ4v) is 4.37. The molecule has 2 heterocycles. The van der Waals surface area contributed by atoms with Crippen molar-refractivity contribution in [2.45, 2.75) is 30.7 Å². The molecule has 1 aliphatic carbocycles. The molecule has 2 aromatic rings. The van der Waals surface area contributed by atoms with Gasteiger partial charge in [-0.25, -0.2) is 0 Å². The summed E-state index contributed by atoms with van der Waals surface area (Å²) in [5, 5.41) is 11.1. The second-order valence-corrected chi connectivity index (χ2v) is 7.12. The fraction of sp³-hybridized carbons (Fsp3) is 0.238. The van der Waals surface area contributed by atoms with Crippen LogP contribution in [-0.4, -0.2) is 17.3 Å². The maximum Gasteiger partial charge on any atom is 0.262 e. The minimum atomic E-state index is -0.620. The molecule has 2 atom stereocenters. The van der Waals surface area contributed by atoms with Crippen molar-refractivity contribution in [1.82, 2.24) is 0 Å². The highest BCUT2D eigenvalue weighted by Crippen LogP contribution is 2.66. The third kappa shape index (κ3) is 1.86. The molecule has 1 fully saturated rings. The summed E-state index contributed by atoms with van der Waals surface area (Å²) in [6.07, 6.45) is 5.25. The van der Waals surface area contributed by atoms with E-state index in [2.05, 4.69) is 35.8 Å². The minimum absolute atomic E-state index is 0.106. The van der Waals surface area contributed by atoms with Crippen molar-refractivity contribution in [3.05, 3.63) is 76.9 Å². The number of hydrogen-bond donors (Lipinski definition) is 1. The second kappa shape index (κ2) is 4.90. The highest BCUT2D eigenvalue weighted by Gasteiger charge is 2.67. The lowest BCUT2D eigenvalue weighted by molar-refractivity contribution is -0.125. The van der Waals surface area contributed by atoms with Crippen LogP contribution in [0.3, 0.4) is 0 Å². The first-order chi connectivity index (χ1) is 12.1. The maximum atomic E-state index is 12.9. The number of anilines is 1. The molecule has 4 nitrogen and oxygen atoms in total. The zero-order chi connectivity index (χ0) is 17.2. The van der Waals surface area contributed by atoms with Crippen LogP contribution in [0.5, 0.6) is 0 Å². The molecule has 0 bridgehead atoms. The molecule has 1 N–H and O–H groups in total. The summed E-state index contributed by atoms with van der Waals surface area (Å²) in [7, 11) is 0. The Morgan fingerprint density at radius 2 is 2.20 bits per heavy atom. The van der Waals surface area contributed by atoms with Crippen LogP contribution in [0.2, 0.25) is 0 Å². The topological polar surface area (TPSA) is 52.9 Å². The Bertz CT molecular complexity index is 962. The van der Waals surface area contributed by atoms with E-state index in [1.165, 1.54) is 5.56 Å². The molecule has 2 unspecified atom stereocenters. The van der Waals surface area contributed by atoms with Crippen molar-refractivity contribution in [3.63, 3.8) is 0 Å². The summed E-state index contributed by atoms with van der Waals surface area (Å²) < 4.78 is 0. The van der Waals surface area contributed by atoms with E-state index in [1.807, 2.05) is 24.4 Å². The Kier molecular flexibility index (Phi) is 2.86. The molecule has 0 saturated heterocycles. The van der Waals surface area contributed by atoms with Gasteiger partial charge in [0.25, 0.3) is 5.91 Å². The number of aliphatic imine (C=N–C) groups is 1. The second-order valence-electron chi connectivity index (χ2n) is 7.12. The lowest BCUT2D eigenvalue weighted by atomic mass is 9.90. The molecule has 0 radical (unpaired) electrons. The molecular formula is C21H18N2O2. The SMILES string of the molecule is C=CCc1ccc2c(c1)C1(CC1c1ccc3c(c1)C=NC3)C(=O)N2O. The molecule has 4 heteroatoms.